The summed E-state index contributed by atoms with van der Waals surface area (Å²) in [5.74, 6) is 2.24. The maximum absolute atomic E-state index is 5.79. The molecule has 1 aromatic heterocycles. The van der Waals surface area contributed by atoms with E-state index in [4.69, 9.17) is 9.72 Å². The summed E-state index contributed by atoms with van der Waals surface area (Å²) in [6, 6.07) is 0. The quantitative estimate of drug-likeness (QED) is 0.715. The Labute approximate surface area is 136 Å². The van der Waals surface area contributed by atoms with E-state index in [0.717, 1.165) is 33.9 Å². The predicted octanol–water partition coefficient (Wildman–Crippen LogP) is 3.98. The lowest BCUT2D eigenvalue weighted by atomic mass is 10.1. The van der Waals surface area contributed by atoms with Crippen molar-refractivity contribution >= 4 is 28.4 Å². The van der Waals surface area contributed by atoms with Gasteiger partial charge >= 0.3 is 0 Å². The number of hydrogen-bond acceptors (Lipinski definition) is 4. The molecule has 1 aromatic rings. The number of halogens is 1. The van der Waals surface area contributed by atoms with E-state index in [2.05, 4.69) is 53.7 Å². The van der Waals surface area contributed by atoms with Crippen molar-refractivity contribution in [1.82, 2.24) is 9.97 Å². The Morgan fingerprint density at radius 1 is 1.25 bits per heavy atom. The Hall–Kier alpha value is -0.430. The number of hydrogen-bond donors (Lipinski definition) is 1. The van der Waals surface area contributed by atoms with Crippen molar-refractivity contribution in [3.05, 3.63) is 15.1 Å². The van der Waals surface area contributed by atoms with E-state index < -0.39 is 5.60 Å². The fourth-order valence-corrected chi connectivity index (χ4v) is 2.65. The molecule has 0 atom stereocenters. The third kappa shape index (κ3) is 4.55. The van der Waals surface area contributed by atoms with Crippen molar-refractivity contribution in [2.75, 3.05) is 18.5 Å². The van der Waals surface area contributed by atoms with Gasteiger partial charge in [0.1, 0.15) is 11.4 Å². The second-order valence-corrected chi connectivity index (χ2v) is 6.81. The van der Waals surface area contributed by atoms with Crippen molar-refractivity contribution in [2.24, 2.45) is 5.92 Å². The van der Waals surface area contributed by atoms with Crippen LogP contribution in [0, 0.1) is 9.49 Å². The monoisotopic (exact) mass is 391 g/mol. The molecule has 0 aliphatic heterocycles. The molecule has 0 saturated carbocycles. The maximum atomic E-state index is 5.79. The van der Waals surface area contributed by atoms with Crippen LogP contribution in [0.1, 0.15) is 53.1 Å². The molecule has 0 unspecified atom stereocenters. The first-order valence-electron chi connectivity index (χ1n) is 7.26. The number of anilines is 1. The molecule has 4 nitrogen and oxygen atoms in total. The number of aromatic nitrogens is 2. The van der Waals surface area contributed by atoms with Gasteiger partial charge in [0.15, 0.2) is 5.82 Å². The van der Waals surface area contributed by atoms with Gasteiger partial charge in [-0.15, -0.1) is 0 Å². The molecule has 0 saturated heterocycles. The third-order valence-corrected chi connectivity index (χ3v) is 4.04. The van der Waals surface area contributed by atoms with E-state index in [1.54, 1.807) is 0 Å². The minimum atomic E-state index is -0.463. The highest BCUT2D eigenvalue weighted by Crippen LogP contribution is 2.27. The molecule has 1 heterocycles. The summed E-state index contributed by atoms with van der Waals surface area (Å²) in [6.07, 6.45) is 0.953. The highest BCUT2D eigenvalue weighted by molar-refractivity contribution is 14.1. The van der Waals surface area contributed by atoms with Crippen LogP contribution in [0.3, 0.4) is 0 Å². The molecular formula is C15H26IN3O. The van der Waals surface area contributed by atoms with Gasteiger partial charge in [-0.3, -0.25) is 0 Å². The molecule has 5 heteroatoms. The molecule has 0 aromatic carbocycles. The van der Waals surface area contributed by atoms with Gasteiger partial charge in [0.05, 0.1) is 9.26 Å². The molecule has 1 N–H and O–H groups in total. The fraction of sp³-hybridized carbons (Fsp3) is 0.733. The molecular weight excluding hydrogens is 365 g/mol. The van der Waals surface area contributed by atoms with Crippen molar-refractivity contribution in [3.8, 4) is 0 Å². The van der Waals surface area contributed by atoms with Crippen molar-refractivity contribution in [1.29, 1.82) is 0 Å². The Morgan fingerprint density at radius 3 is 2.40 bits per heavy atom. The van der Waals surface area contributed by atoms with Crippen LogP contribution in [0.5, 0.6) is 0 Å². The molecule has 0 bridgehead atoms. The second kappa shape index (κ2) is 7.54. The van der Waals surface area contributed by atoms with Gasteiger partial charge < -0.3 is 10.1 Å². The molecule has 114 valence electrons. The van der Waals surface area contributed by atoms with Crippen LogP contribution in [0.15, 0.2) is 0 Å². The molecule has 1 rings (SSSR count). The summed E-state index contributed by atoms with van der Waals surface area (Å²) >= 11 is 2.34. The molecule has 0 radical (unpaired) electrons. The topological polar surface area (TPSA) is 47.0 Å². The van der Waals surface area contributed by atoms with Crippen LogP contribution in [0.2, 0.25) is 0 Å². The Kier molecular flexibility index (Phi) is 6.64. The molecule has 20 heavy (non-hydrogen) atoms. The summed E-state index contributed by atoms with van der Waals surface area (Å²) in [7, 11) is 0. The van der Waals surface area contributed by atoms with Gasteiger partial charge in [-0.1, -0.05) is 13.8 Å². The van der Waals surface area contributed by atoms with E-state index in [-0.39, 0.29) is 0 Å². The maximum Gasteiger partial charge on any atom is 0.162 e. The van der Waals surface area contributed by atoms with E-state index in [1.807, 2.05) is 20.8 Å². The van der Waals surface area contributed by atoms with E-state index >= 15 is 0 Å². The standard InChI is InChI=1S/C15H26IN3O/c1-7-17-13-12(16)11(9-10(3)4)18-14(19-13)15(5,6)20-8-2/h10H,7-9H2,1-6H3,(H,17,18,19). The summed E-state index contributed by atoms with van der Waals surface area (Å²) in [6.45, 7) is 14.0. The fourth-order valence-electron chi connectivity index (χ4n) is 1.99. The van der Waals surface area contributed by atoms with E-state index in [1.165, 1.54) is 0 Å². The van der Waals surface area contributed by atoms with Crippen LogP contribution < -0.4 is 5.32 Å². The zero-order chi connectivity index (χ0) is 15.3. The van der Waals surface area contributed by atoms with Crippen LogP contribution in [0.4, 0.5) is 5.82 Å². The van der Waals surface area contributed by atoms with Crippen LogP contribution in [-0.2, 0) is 16.8 Å². The molecule has 0 amide bonds. The first-order valence-corrected chi connectivity index (χ1v) is 8.34. The SMILES string of the molecule is CCNc1nc(C(C)(C)OCC)nc(CC(C)C)c1I. The summed E-state index contributed by atoms with van der Waals surface area (Å²) in [5, 5.41) is 3.33. The Morgan fingerprint density at radius 2 is 1.90 bits per heavy atom. The minimum Gasteiger partial charge on any atom is -0.369 e. The van der Waals surface area contributed by atoms with Gasteiger partial charge in [0.2, 0.25) is 0 Å². The lowest BCUT2D eigenvalue weighted by Crippen LogP contribution is -2.26. The largest absolute Gasteiger partial charge is 0.369 e. The zero-order valence-corrected chi connectivity index (χ0v) is 15.5. The van der Waals surface area contributed by atoms with Gasteiger partial charge in [-0.25, -0.2) is 9.97 Å². The van der Waals surface area contributed by atoms with E-state index in [9.17, 15) is 0 Å². The minimum absolute atomic E-state index is 0.463. The highest BCUT2D eigenvalue weighted by Gasteiger charge is 2.26. The van der Waals surface area contributed by atoms with Crippen LogP contribution in [-0.4, -0.2) is 23.1 Å². The predicted molar refractivity (Wildman–Crippen MR) is 92.1 cm³/mol. The molecule has 0 aliphatic carbocycles. The molecule has 0 spiro atoms. The lowest BCUT2D eigenvalue weighted by Gasteiger charge is -2.25. The highest BCUT2D eigenvalue weighted by atomic mass is 127. The smallest absolute Gasteiger partial charge is 0.162 e. The Bertz CT molecular complexity index is 447. The zero-order valence-electron chi connectivity index (χ0n) is 13.4. The van der Waals surface area contributed by atoms with Crippen molar-refractivity contribution < 1.29 is 4.74 Å². The summed E-state index contributed by atoms with van der Waals surface area (Å²) < 4.78 is 6.91. The first kappa shape index (κ1) is 17.6. The summed E-state index contributed by atoms with van der Waals surface area (Å²) in [5.41, 5.74) is 0.643. The van der Waals surface area contributed by atoms with Gasteiger partial charge in [-0.05, 0) is 62.6 Å². The average molecular weight is 391 g/mol. The number of ether oxygens (including phenoxy) is 1. The van der Waals surface area contributed by atoms with Gasteiger partial charge in [0.25, 0.3) is 0 Å². The summed E-state index contributed by atoms with van der Waals surface area (Å²) in [4.78, 5) is 9.43. The number of nitrogens with one attached hydrogen (secondary N) is 1. The number of rotatable bonds is 7. The van der Waals surface area contributed by atoms with Crippen molar-refractivity contribution in [2.45, 2.75) is 53.6 Å². The van der Waals surface area contributed by atoms with Gasteiger partial charge in [-0.2, -0.15) is 0 Å². The molecule has 0 aliphatic rings. The number of nitrogens with zero attached hydrogens (tertiary/aromatic N) is 2. The average Bonchev–Trinajstić information content (AvgIpc) is 2.33. The third-order valence-electron chi connectivity index (χ3n) is 2.91. The lowest BCUT2D eigenvalue weighted by molar-refractivity contribution is -0.0209. The molecule has 0 fully saturated rings. The second-order valence-electron chi connectivity index (χ2n) is 5.73. The normalized spacial score (nSPS) is 12.0. The Balaban J connectivity index is 3.27. The van der Waals surface area contributed by atoms with Crippen LogP contribution in [0.25, 0.3) is 0 Å². The van der Waals surface area contributed by atoms with Crippen LogP contribution >= 0.6 is 22.6 Å². The van der Waals surface area contributed by atoms with E-state index in [0.29, 0.717) is 12.5 Å². The first-order chi connectivity index (χ1) is 9.31. The van der Waals surface area contributed by atoms with Crippen molar-refractivity contribution in [3.63, 3.8) is 0 Å². The van der Waals surface area contributed by atoms with Gasteiger partial charge in [0, 0.05) is 13.2 Å².